The first kappa shape index (κ1) is 32.8. The van der Waals surface area contributed by atoms with Crippen LogP contribution in [0.15, 0.2) is 115 Å². The van der Waals surface area contributed by atoms with Crippen molar-refractivity contribution in [1.82, 2.24) is 0 Å². The van der Waals surface area contributed by atoms with Gasteiger partial charge in [0.1, 0.15) is 0 Å². The quantitative estimate of drug-likeness (QED) is 0.168. The highest BCUT2D eigenvalue weighted by Crippen LogP contribution is 2.55. The van der Waals surface area contributed by atoms with Crippen molar-refractivity contribution in [3.8, 4) is 0 Å². The van der Waals surface area contributed by atoms with Crippen LogP contribution in [0.2, 0.25) is 0 Å². The fraction of sp³-hybridized carbons (Fsp3) is 0.161. The molecule has 3 nitrogen and oxygen atoms in total. The molecule has 0 bridgehead atoms. The Morgan fingerprint density at radius 2 is 0.977 bits per heavy atom. The second-order valence-corrected chi connectivity index (χ2v) is 11.1. The zero-order chi connectivity index (χ0) is 32.6. The normalized spacial score (nSPS) is 15.8. The van der Waals surface area contributed by atoms with Gasteiger partial charge < -0.3 is 0 Å². The summed E-state index contributed by atoms with van der Waals surface area (Å²) in [7, 11) is -7.17. The minimum Gasteiger partial charge on any atom is -0.281 e. The summed E-state index contributed by atoms with van der Waals surface area (Å²) in [6.07, 6.45) is -7.13. The molecular weight excluding hydrogens is 623 g/mol. The van der Waals surface area contributed by atoms with Crippen molar-refractivity contribution >= 4 is 21.3 Å². The molecule has 13 heteroatoms. The maximum Gasteiger partial charge on any atom is 0.460 e. The monoisotopic (exact) mass is 644 g/mol. The molecule has 1 atom stereocenters. The number of fused-ring (bicyclic) bond motifs is 1. The van der Waals surface area contributed by atoms with E-state index < -0.39 is 33.4 Å². The molecule has 0 spiro atoms. The maximum atomic E-state index is 12.2. The van der Waals surface area contributed by atoms with Crippen molar-refractivity contribution in [2.75, 3.05) is 0 Å². The number of rotatable bonds is 6. The van der Waals surface area contributed by atoms with E-state index in [1.165, 1.54) is 39.0 Å². The predicted octanol–water partition coefficient (Wildman–Crippen LogP) is 9.09. The summed E-state index contributed by atoms with van der Waals surface area (Å²) in [5.41, 5.74) is 9.40. The van der Waals surface area contributed by atoms with Crippen molar-refractivity contribution in [2.24, 2.45) is 0 Å². The second kappa shape index (κ2) is 11.8. The van der Waals surface area contributed by atoms with Crippen LogP contribution < -0.4 is 0 Å². The number of alkyl halides is 9. The van der Waals surface area contributed by atoms with Gasteiger partial charge in [0.05, 0.1) is 0 Å². The van der Waals surface area contributed by atoms with Crippen molar-refractivity contribution in [1.29, 1.82) is 0 Å². The zero-order valence-corrected chi connectivity index (χ0v) is 22.9. The molecule has 0 amide bonds. The molecular formula is C31H21F9O3S. The van der Waals surface area contributed by atoms with Gasteiger partial charge in [-0.25, -0.2) is 0 Å². The molecule has 4 aromatic rings. The third-order valence-electron chi connectivity index (χ3n) is 6.82. The molecule has 0 heterocycles. The fourth-order valence-corrected chi connectivity index (χ4v) is 5.23. The first-order valence-corrected chi connectivity index (χ1v) is 14.0. The highest BCUT2D eigenvalue weighted by Gasteiger charge is 2.85. The molecule has 5 rings (SSSR count). The van der Waals surface area contributed by atoms with Crippen molar-refractivity contribution in [2.45, 2.75) is 29.2 Å². The topological polar surface area (TPSA) is 54.4 Å². The summed E-state index contributed by atoms with van der Waals surface area (Å²) in [5, 5.41) is -7.00. The predicted molar refractivity (Wildman–Crippen MR) is 146 cm³/mol. The average molecular weight is 645 g/mol. The maximum absolute atomic E-state index is 12.2. The highest BCUT2D eigenvalue weighted by molar-refractivity contribution is 7.87. The van der Waals surface area contributed by atoms with Crippen LogP contribution >= 0.6 is 0 Å². The van der Waals surface area contributed by atoms with Crippen molar-refractivity contribution in [3.63, 3.8) is 0 Å². The largest absolute Gasteiger partial charge is 0.460 e. The van der Waals surface area contributed by atoms with Crippen LogP contribution in [0.4, 0.5) is 39.5 Å². The van der Waals surface area contributed by atoms with Crippen LogP contribution in [-0.4, -0.2) is 36.2 Å². The minimum atomic E-state index is -7.37. The molecule has 1 unspecified atom stereocenters. The van der Waals surface area contributed by atoms with E-state index in [4.69, 9.17) is 4.55 Å². The Labute approximate surface area is 246 Å². The van der Waals surface area contributed by atoms with Crippen LogP contribution in [-0.2, 0) is 10.1 Å². The van der Waals surface area contributed by atoms with Gasteiger partial charge in [-0.3, -0.25) is 4.55 Å². The number of benzene rings is 4. The molecule has 1 aliphatic rings. The first-order chi connectivity index (χ1) is 20.4. The Morgan fingerprint density at radius 1 is 0.545 bits per heavy atom. The molecule has 0 aromatic heterocycles. The van der Waals surface area contributed by atoms with E-state index in [0.29, 0.717) is 0 Å². The van der Waals surface area contributed by atoms with Crippen LogP contribution in [0.1, 0.15) is 33.7 Å². The lowest BCUT2D eigenvalue weighted by Crippen LogP contribution is -2.63. The first-order valence-electron chi connectivity index (χ1n) is 12.6. The fourth-order valence-electron chi connectivity index (χ4n) is 4.78. The Bertz CT molecular complexity index is 1740. The van der Waals surface area contributed by atoms with Crippen LogP contribution in [0.5, 0.6) is 0 Å². The molecule has 0 aliphatic heterocycles. The van der Waals surface area contributed by atoms with Gasteiger partial charge in [-0.1, -0.05) is 115 Å². The van der Waals surface area contributed by atoms with Gasteiger partial charge in [0.15, 0.2) is 0 Å². The Balaban J connectivity index is 0.000000227. The van der Waals surface area contributed by atoms with Crippen LogP contribution in [0.3, 0.4) is 0 Å². The second-order valence-electron chi connectivity index (χ2n) is 9.59. The Kier molecular flexibility index (Phi) is 8.78. The van der Waals surface area contributed by atoms with Crippen molar-refractivity contribution < 1.29 is 52.5 Å². The molecule has 44 heavy (non-hydrogen) atoms. The van der Waals surface area contributed by atoms with E-state index >= 15 is 0 Å². The van der Waals surface area contributed by atoms with E-state index in [1.54, 1.807) is 0 Å². The van der Waals surface area contributed by atoms with Gasteiger partial charge in [0.2, 0.25) is 0 Å². The molecule has 0 radical (unpaired) electrons. The van der Waals surface area contributed by atoms with E-state index in [0.717, 1.165) is 0 Å². The number of hydrogen-bond acceptors (Lipinski definition) is 2. The van der Waals surface area contributed by atoms with Crippen LogP contribution in [0, 0.1) is 0 Å². The van der Waals surface area contributed by atoms with Crippen molar-refractivity contribution in [3.05, 3.63) is 143 Å². The lowest BCUT2D eigenvalue weighted by Gasteiger charge is -2.31. The van der Waals surface area contributed by atoms with Gasteiger partial charge in [-0.15, -0.1) is 0 Å². The highest BCUT2D eigenvalue weighted by atomic mass is 32.2. The molecule has 0 saturated carbocycles. The molecule has 1 N–H and O–H groups in total. The number of hydrogen-bond donors (Lipinski definition) is 1. The Morgan fingerprint density at radius 3 is 1.45 bits per heavy atom. The molecule has 4 aromatic carbocycles. The smallest absolute Gasteiger partial charge is 0.281 e. The zero-order valence-electron chi connectivity index (χ0n) is 22.1. The third-order valence-corrected chi connectivity index (χ3v) is 7.72. The molecule has 1 aliphatic carbocycles. The summed E-state index contributed by atoms with van der Waals surface area (Å²) in [5.74, 6) is -14.5. The SMILES string of the molecule is O=S(=O)(O)C(F)(F)C(F)(F)C(F)(F)C(F)(F)F.c1ccc(C2=C(c3ccccc3)C(c3ccccc3)c3ccccc32)cc1. The average Bonchev–Trinajstić information content (AvgIpc) is 3.33. The number of allylic oxidation sites excluding steroid dienone is 1. The Hall–Kier alpha value is -4.10. The van der Waals surface area contributed by atoms with Crippen LogP contribution in [0.25, 0.3) is 11.1 Å². The van der Waals surface area contributed by atoms with Gasteiger partial charge in [-0.05, 0) is 39.0 Å². The van der Waals surface area contributed by atoms with Gasteiger partial charge in [0, 0.05) is 5.92 Å². The van der Waals surface area contributed by atoms with E-state index in [-0.39, 0.29) is 5.92 Å². The van der Waals surface area contributed by atoms with E-state index in [1.807, 2.05) is 0 Å². The summed E-state index contributed by atoms with van der Waals surface area (Å²) in [6.45, 7) is 0. The van der Waals surface area contributed by atoms with Gasteiger partial charge in [-0.2, -0.15) is 47.9 Å². The molecule has 0 saturated heterocycles. The summed E-state index contributed by atoms with van der Waals surface area (Å²) >= 11 is 0. The molecule has 0 fully saturated rings. The minimum absolute atomic E-state index is 0.250. The summed E-state index contributed by atoms with van der Waals surface area (Å²) in [6, 6.07) is 41.4. The van der Waals surface area contributed by atoms with Gasteiger partial charge >= 0.3 is 33.4 Å². The molecule has 232 valence electrons. The number of halogens is 9. The van der Waals surface area contributed by atoms with Gasteiger partial charge in [0.25, 0.3) is 0 Å². The third kappa shape index (κ3) is 5.73. The lowest BCUT2D eigenvalue weighted by atomic mass is 9.84. The standard InChI is InChI=1S/C27H20.C4HF9O3S/c1-4-12-20(13-5-1)25-23-18-10-11-19-24(23)26(21-14-6-2-7-15-21)27(25)22-16-8-3-9-17-22;5-1(6,3(9,10)11)2(7,8)4(12,13)17(14,15)16/h1-19,25H;(H,14,15,16). The summed E-state index contributed by atoms with van der Waals surface area (Å²) in [4.78, 5) is 0. The lowest BCUT2D eigenvalue weighted by molar-refractivity contribution is -0.382. The van der Waals surface area contributed by atoms with E-state index in [9.17, 15) is 47.9 Å². The summed E-state index contributed by atoms with van der Waals surface area (Å²) < 4.78 is 134. The van der Waals surface area contributed by atoms with E-state index in [2.05, 4.69) is 115 Å².